The van der Waals surface area contributed by atoms with E-state index in [1.165, 1.54) is 0 Å². The molecule has 0 amide bonds. The van der Waals surface area contributed by atoms with E-state index in [1.807, 2.05) is 0 Å². The summed E-state index contributed by atoms with van der Waals surface area (Å²) in [6, 6.07) is 6.78. The lowest BCUT2D eigenvalue weighted by Gasteiger charge is -2.32. The smallest absolute Gasteiger partial charge is 0.344 e. The van der Waals surface area contributed by atoms with Gasteiger partial charge in [0.15, 0.2) is 11.6 Å². The van der Waals surface area contributed by atoms with Crippen LogP contribution in [0.5, 0.6) is 5.75 Å². The van der Waals surface area contributed by atoms with Crippen LogP contribution in [0.2, 0.25) is 0 Å². The number of fused-ring (bicyclic) bond motifs is 1. The Bertz CT molecular complexity index is 1090. The molecule has 0 unspecified atom stereocenters. The van der Waals surface area contributed by atoms with Gasteiger partial charge < -0.3 is 10.5 Å². The lowest BCUT2D eigenvalue weighted by molar-refractivity contribution is -0.120. The summed E-state index contributed by atoms with van der Waals surface area (Å²) in [5.74, 6) is 1.25. The first-order chi connectivity index (χ1) is 14.9. The first-order valence-corrected chi connectivity index (χ1v) is 11.5. The van der Waals surface area contributed by atoms with E-state index in [1.54, 1.807) is 36.7 Å². The molecule has 0 spiro atoms. The Morgan fingerprint density at radius 1 is 1.26 bits per heavy atom. The fraction of sp³-hybridized carbons (Fsp3) is 0.400. The van der Waals surface area contributed by atoms with Crippen molar-refractivity contribution in [3.63, 3.8) is 0 Å². The minimum absolute atomic E-state index is 0.0844. The van der Waals surface area contributed by atoms with Crippen molar-refractivity contribution in [2.75, 3.05) is 31.0 Å². The number of benzene rings is 1. The molecular weight excluding hydrogens is 420 g/mol. The van der Waals surface area contributed by atoms with Gasteiger partial charge >= 0.3 is 10.2 Å². The largest absolute Gasteiger partial charge is 0.492 e. The Morgan fingerprint density at radius 3 is 2.87 bits per heavy atom. The molecule has 31 heavy (non-hydrogen) atoms. The quantitative estimate of drug-likeness (QED) is 0.638. The highest BCUT2D eigenvalue weighted by atomic mass is 32.2. The number of likely N-dealkylation sites (tertiary alicyclic amines) is 1. The molecule has 1 saturated heterocycles. The molecule has 1 fully saturated rings. The molecule has 0 aliphatic carbocycles. The van der Waals surface area contributed by atoms with Crippen LogP contribution in [0.3, 0.4) is 0 Å². The van der Waals surface area contributed by atoms with Crippen molar-refractivity contribution in [1.29, 1.82) is 0 Å². The molecule has 1 aromatic heterocycles. The highest BCUT2D eigenvalue weighted by Gasteiger charge is 2.26. The van der Waals surface area contributed by atoms with Gasteiger partial charge in [-0.1, -0.05) is 6.07 Å². The molecule has 1 atom stereocenters. The number of amidine groups is 1. The highest BCUT2D eigenvalue weighted by Crippen LogP contribution is 2.31. The number of nitrogens with one attached hydrogen (secondary N) is 1. The van der Waals surface area contributed by atoms with Crippen molar-refractivity contribution in [2.45, 2.75) is 19.3 Å². The fourth-order valence-corrected chi connectivity index (χ4v) is 4.72. The maximum absolute atomic E-state index is 12.4. The molecular formula is C20H24N6O4S. The minimum atomic E-state index is -3.83. The number of Topliss-reactive ketones (excluding diaryl/α,β-unsaturated/α-hetero) is 1. The number of carbonyl (C=O) groups excluding carboxylic acids is 1. The summed E-state index contributed by atoms with van der Waals surface area (Å²) in [5, 5.41) is 0. The number of piperidine rings is 1. The predicted molar refractivity (Wildman–Crippen MR) is 115 cm³/mol. The van der Waals surface area contributed by atoms with Gasteiger partial charge in [0.25, 0.3) is 0 Å². The van der Waals surface area contributed by atoms with E-state index in [0.717, 1.165) is 25.9 Å². The van der Waals surface area contributed by atoms with E-state index < -0.39 is 10.2 Å². The maximum Gasteiger partial charge on any atom is 0.344 e. The van der Waals surface area contributed by atoms with Crippen LogP contribution in [-0.2, 0) is 21.4 Å². The number of rotatable bonds is 7. The highest BCUT2D eigenvalue weighted by molar-refractivity contribution is 7.91. The lowest BCUT2D eigenvalue weighted by Crippen LogP contribution is -2.41. The van der Waals surface area contributed by atoms with Crippen LogP contribution in [0.4, 0.5) is 5.69 Å². The Morgan fingerprint density at radius 2 is 2.06 bits per heavy atom. The number of ketones is 1. The van der Waals surface area contributed by atoms with Crippen molar-refractivity contribution >= 4 is 27.5 Å². The molecule has 2 aromatic rings. The van der Waals surface area contributed by atoms with Crippen LogP contribution < -0.4 is 15.2 Å². The van der Waals surface area contributed by atoms with Gasteiger partial charge in [-0.3, -0.25) is 14.4 Å². The predicted octanol–water partition coefficient (Wildman–Crippen LogP) is 0.755. The van der Waals surface area contributed by atoms with Crippen LogP contribution in [0, 0.1) is 5.92 Å². The van der Waals surface area contributed by atoms with Crippen LogP contribution in [-0.4, -0.2) is 61.1 Å². The van der Waals surface area contributed by atoms with Gasteiger partial charge in [0.05, 0.1) is 30.8 Å². The molecule has 3 N–H and O–H groups in total. The summed E-state index contributed by atoms with van der Waals surface area (Å²) in [6.45, 7) is 2.40. The summed E-state index contributed by atoms with van der Waals surface area (Å²) in [4.78, 5) is 22.7. The molecule has 0 saturated carbocycles. The van der Waals surface area contributed by atoms with Crippen LogP contribution in [0.1, 0.15) is 24.2 Å². The van der Waals surface area contributed by atoms with Gasteiger partial charge in [-0.05, 0) is 37.6 Å². The molecule has 11 heteroatoms. The molecule has 3 heterocycles. The Hall–Kier alpha value is -3.05. The van der Waals surface area contributed by atoms with E-state index in [-0.39, 0.29) is 24.0 Å². The zero-order chi connectivity index (χ0) is 21.8. The number of anilines is 1. The monoisotopic (exact) mass is 444 g/mol. The Kier molecular flexibility index (Phi) is 6.14. The number of nitrogens with two attached hydrogens (primary N) is 1. The Labute approximate surface area is 180 Å². The van der Waals surface area contributed by atoms with Crippen molar-refractivity contribution in [3.05, 3.63) is 48.0 Å². The standard InChI is InChI=1S/C20H24N6O4S/c21-20-19-16(24-31(28,29)25-20)5-1-6-17(19)30-13-14-4-2-9-26(11-14)12-15(27)10-18-22-7-3-8-23-18/h1,3,5-8,14,24H,2,4,9-13H2,(H2,21,25)/t14-/m0/s1. The van der Waals surface area contributed by atoms with E-state index in [0.29, 0.717) is 36.0 Å². The number of hydrogen-bond acceptors (Lipinski definition) is 8. The average molecular weight is 445 g/mol. The zero-order valence-corrected chi connectivity index (χ0v) is 17.7. The van der Waals surface area contributed by atoms with Crippen LogP contribution >= 0.6 is 0 Å². The van der Waals surface area contributed by atoms with Gasteiger partial charge in [-0.2, -0.15) is 8.42 Å². The summed E-state index contributed by atoms with van der Waals surface area (Å²) < 4.78 is 35.3. The van der Waals surface area contributed by atoms with Gasteiger partial charge in [-0.15, -0.1) is 4.40 Å². The van der Waals surface area contributed by atoms with Crippen molar-refractivity contribution in [3.8, 4) is 5.75 Å². The first kappa shape index (κ1) is 21.2. The van der Waals surface area contributed by atoms with Crippen molar-refractivity contribution in [2.24, 2.45) is 16.0 Å². The number of nitrogens with zero attached hydrogens (tertiary/aromatic N) is 4. The SMILES string of the molecule is NC1=NS(=O)(=O)Nc2cccc(OC[C@H]3CCCN(CC(=O)Cc4ncccn4)C3)c21. The number of ether oxygens (including phenoxy) is 1. The summed E-state index contributed by atoms with van der Waals surface area (Å²) in [5.41, 5.74) is 6.66. The zero-order valence-electron chi connectivity index (χ0n) is 16.9. The number of aromatic nitrogens is 2. The summed E-state index contributed by atoms with van der Waals surface area (Å²) in [6.07, 6.45) is 5.45. The van der Waals surface area contributed by atoms with Gasteiger partial charge in [0, 0.05) is 24.9 Å². The number of hydrogen-bond donors (Lipinski definition) is 2. The topological polar surface area (TPSA) is 140 Å². The minimum Gasteiger partial charge on any atom is -0.492 e. The van der Waals surface area contributed by atoms with Crippen LogP contribution in [0.15, 0.2) is 41.1 Å². The van der Waals surface area contributed by atoms with E-state index in [4.69, 9.17) is 10.5 Å². The molecule has 0 radical (unpaired) electrons. The third-order valence-electron chi connectivity index (χ3n) is 5.19. The lowest BCUT2D eigenvalue weighted by atomic mass is 9.98. The van der Waals surface area contributed by atoms with Gasteiger partial charge in [-0.25, -0.2) is 9.97 Å². The second-order valence-corrected chi connectivity index (χ2v) is 9.00. The third-order valence-corrected chi connectivity index (χ3v) is 6.11. The molecule has 2 aliphatic heterocycles. The van der Waals surface area contributed by atoms with E-state index in [9.17, 15) is 13.2 Å². The molecule has 1 aromatic carbocycles. The van der Waals surface area contributed by atoms with Crippen molar-refractivity contribution < 1.29 is 17.9 Å². The average Bonchev–Trinajstić information content (AvgIpc) is 2.72. The van der Waals surface area contributed by atoms with E-state index in [2.05, 4.69) is 24.0 Å². The van der Waals surface area contributed by atoms with Gasteiger partial charge in [0.1, 0.15) is 11.6 Å². The molecule has 0 bridgehead atoms. The second-order valence-electron chi connectivity index (χ2n) is 7.67. The molecule has 164 valence electrons. The molecule has 4 rings (SSSR count). The first-order valence-electron chi connectivity index (χ1n) is 10.0. The van der Waals surface area contributed by atoms with Crippen LogP contribution in [0.25, 0.3) is 0 Å². The number of carbonyl (C=O) groups is 1. The molecule has 10 nitrogen and oxygen atoms in total. The normalized spacial score (nSPS) is 20.3. The third kappa shape index (κ3) is 5.36. The van der Waals surface area contributed by atoms with Gasteiger partial charge in [0.2, 0.25) is 0 Å². The maximum atomic E-state index is 12.4. The summed E-state index contributed by atoms with van der Waals surface area (Å²) >= 11 is 0. The Balaban J connectivity index is 1.34. The fourth-order valence-electron chi connectivity index (χ4n) is 3.88. The second kappa shape index (κ2) is 8.98. The van der Waals surface area contributed by atoms with E-state index >= 15 is 0 Å². The molecule has 2 aliphatic rings. The summed E-state index contributed by atoms with van der Waals surface area (Å²) in [7, 11) is -3.83. The van der Waals surface area contributed by atoms with Crippen molar-refractivity contribution in [1.82, 2.24) is 14.9 Å².